The molecular formula is C27H28N6O2. The van der Waals surface area contributed by atoms with E-state index in [0.29, 0.717) is 5.75 Å². The van der Waals surface area contributed by atoms with Crippen molar-refractivity contribution in [3.63, 3.8) is 0 Å². The molecule has 2 aromatic heterocycles. The van der Waals surface area contributed by atoms with Crippen molar-refractivity contribution < 1.29 is 9.47 Å². The van der Waals surface area contributed by atoms with Gasteiger partial charge in [0.1, 0.15) is 22.9 Å². The van der Waals surface area contributed by atoms with Gasteiger partial charge in [0.25, 0.3) is 0 Å². The highest BCUT2D eigenvalue weighted by Gasteiger charge is 2.18. The largest absolute Gasteiger partial charge is 0.497 e. The molecule has 35 heavy (non-hydrogen) atoms. The standard InChI is InChI=1S/C27H28N6O2/c1-3-32-11-13-33(14-12-32)18-7-9-24-25(15-18)29-27(28-24)26-22-17-21(8-10-23(22)30-31-26)35-20-6-4-5-19(16-20)34-2/h4-10,15-17H,3,11-14H2,1-2H3,(H,28,29)(H,30,31). The Morgan fingerprint density at radius 1 is 0.886 bits per heavy atom. The van der Waals surface area contributed by atoms with Crippen molar-refractivity contribution in [2.45, 2.75) is 6.92 Å². The molecule has 0 spiro atoms. The second-order valence-corrected chi connectivity index (χ2v) is 8.77. The molecule has 0 amide bonds. The highest BCUT2D eigenvalue weighted by molar-refractivity contribution is 5.94. The van der Waals surface area contributed by atoms with Crippen LogP contribution in [0.2, 0.25) is 0 Å². The maximum absolute atomic E-state index is 6.09. The molecule has 3 heterocycles. The highest BCUT2D eigenvalue weighted by atomic mass is 16.5. The molecule has 1 aliphatic heterocycles. The van der Waals surface area contributed by atoms with Gasteiger partial charge in [-0.1, -0.05) is 13.0 Å². The number of anilines is 1. The second kappa shape index (κ2) is 8.96. The van der Waals surface area contributed by atoms with Gasteiger partial charge in [-0.2, -0.15) is 5.10 Å². The number of rotatable bonds is 6. The number of hydrogen-bond donors (Lipinski definition) is 2. The molecule has 2 N–H and O–H groups in total. The average molecular weight is 469 g/mol. The van der Waals surface area contributed by atoms with Crippen molar-refractivity contribution in [3.8, 4) is 28.8 Å². The minimum Gasteiger partial charge on any atom is -0.497 e. The van der Waals surface area contributed by atoms with E-state index < -0.39 is 0 Å². The summed E-state index contributed by atoms with van der Waals surface area (Å²) in [5.41, 5.74) is 4.86. The van der Waals surface area contributed by atoms with E-state index in [2.05, 4.69) is 50.1 Å². The number of imidazole rings is 1. The van der Waals surface area contributed by atoms with Gasteiger partial charge in [-0.25, -0.2) is 4.98 Å². The number of piperazine rings is 1. The summed E-state index contributed by atoms with van der Waals surface area (Å²) in [7, 11) is 1.64. The fourth-order valence-corrected chi connectivity index (χ4v) is 4.67. The van der Waals surface area contributed by atoms with Gasteiger partial charge in [0.2, 0.25) is 0 Å². The van der Waals surface area contributed by atoms with Gasteiger partial charge in [0.15, 0.2) is 5.82 Å². The summed E-state index contributed by atoms with van der Waals surface area (Å²) in [6.07, 6.45) is 0. The lowest BCUT2D eigenvalue weighted by Gasteiger charge is -2.35. The zero-order valence-electron chi connectivity index (χ0n) is 19.9. The molecule has 5 aromatic rings. The zero-order chi connectivity index (χ0) is 23.8. The van der Waals surface area contributed by atoms with Crippen LogP contribution in [-0.4, -0.2) is 64.9 Å². The minimum absolute atomic E-state index is 0.713. The number of methoxy groups -OCH3 is 1. The Balaban J connectivity index is 1.29. The van der Waals surface area contributed by atoms with Crippen molar-refractivity contribution in [1.82, 2.24) is 25.1 Å². The number of aromatic nitrogens is 4. The van der Waals surface area contributed by atoms with Crippen LogP contribution >= 0.6 is 0 Å². The van der Waals surface area contributed by atoms with Gasteiger partial charge in [-0.15, -0.1) is 0 Å². The molecule has 1 aliphatic rings. The number of H-pyrrole nitrogens is 2. The van der Waals surface area contributed by atoms with E-state index in [4.69, 9.17) is 14.5 Å². The molecule has 178 valence electrons. The van der Waals surface area contributed by atoms with Crippen molar-refractivity contribution >= 4 is 27.6 Å². The van der Waals surface area contributed by atoms with E-state index in [0.717, 1.165) is 77.7 Å². The molecule has 0 atom stereocenters. The normalized spacial score (nSPS) is 14.6. The van der Waals surface area contributed by atoms with Gasteiger partial charge < -0.3 is 24.3 Å². The summed E-state index contributed by atoms with van der Waals surface area (Å²) >= 11 is 0. The topological polar surface area (TPSA) is 82.3 Å². The second-order valence-electron chi connectivity index (χ2n) is 8.77. The molecule has 8 nitrogen and oxygen atoms in total. The minimum atomic E-state index is 0.713. The summed E-state index contributed by atoms with van der Waals surface area (Å²) in [4.78, 5) is 13.2. The van der Waals surface area contributed by atoms with E-state index in [-0.39, 0.29) is 0 Å². The lowest BCUT2D eigenvalue weighted by molar-refractivity contribution is 0.271. The maximum Gasteiger partial charge on any atom is 0.159 e. The van der Waals surface area contributed by atoms with Crippen LogP contribution < -0.4 is 14.4 Å². The van der Waals surface area contributed by atoms with E-state index in [1.165, 1.54) is 5.69 Å². The van der Waals surface area contributed by atoms with E-state index in [1.807, 2.05) is 42.5 Å². The molecule has 0 radical (unpaired) electrons. The van der Waals surface area contributed by atoms with Crippen molar-refractivity contribution in [3.05, 3.63) is 60.7 Å². The molecule has 6 rings (SSSR count). The fraction of sp³-hybridized carbons (Fsp3) is 0.259. The number of nitrogens with zero attached hydrogens (tertiary/aromatic N) is 4. The first-order chi connectivity index (χ1) is 17.2. The lowest BCUT2D eigenvalue weighted by atomic mass is 10.2. The number of likely N-dealkylation sites (N-methyl/N-ethyl adjacent to an activating group) is 1. The van der Waals surface area contributed by atoms with Crippen LogP contribution in [0.5, 0.6) is 17.2 Å². The smallest absolute Gasteiger partial charge is 0.159 e. The number of aromatic amines is 2. The molecular weight excluding hydrogens is 440 g/mol. The quantitative estimate of drug-likeness (QED) is 0.363. The van der Waals surface area contributed by atoms with Crippen LogP contribution in [0.25, 0.3) is 33.5 Å². The molecule has 0 saturated carbocycles. The summed E-state index contributed by atoms with van der Waals surface area (Å²) in [5, 5.41) is 8.62. The summed E-state index contributed by atoms with van der Waals surface area (Å²) in [6.45, 7) is 7.62. The Morgan fingerprint density at radius 2 is 1.71 bits per heavy atom. The summed E-state index contributed by atoms with van der Waals surface area (Å²) < 4.78 is 11.4. The number of hydrogen-bond acceptors (Lipinski definition) is 6. The third-order valence-electron chi connectivity index (χ3n) is 6.69. The number of benzene rings is 3. The first kappa shape index (κ1) is 21.5. The monoisotopic (exact) mass is 468 g/mol. The molecule has 1 fully saturated rings. The zero-order valence-corrected chi connectivity index (χ0v) is 19.9. The Bertz CT molecular complexity index is 1480. The third-order valence-corrected chi connectivity index (χ3v) is 6.69. The SMILES string of the molecule is CCN1CCN(c2ccc3nc(-c4n[nH]c5ccc(Oc6cccc(OC)c6)cc45)[nH]c3c2)CC1. The molecule has 8 heteroatoms. The van der Waals surface area contributed by atoms with Gasteiger partial charge in [0.05, 0.1) is 23.7 Å². The van der Waals surface area contributed by atoms with Crippen molar-refractivity contribution in [1.29, 1.82) is 0 Å². The van der Waals surface area contributed by atoms with E-state index >= 15 is 0 Å². The third kappa shape index (κ3) is 4.17. The van der Waals surface area contributed by atoms with Gasteiger partial charge in [-0.3, -0.25) is 5.10 Å². The van der Waals surface area contributed by atoms with Gasteiger partial charge in [-0.05, 0) is 55.1 Å². The molecule has 0 bridgehead atoms. The fourth-order valence-electron chi connectivity index (χ4n) is 4.67. The molecule has 0 unspecified atom stereocenters. The average Bonchev–Trinajstić information content (AvgIpc) is 3.52. The number of ether oxygens (including phenoxy) is 2. The van der Waals surface area contributed by atoms with Crippen LogP contribution in [0, 0.1) is 0 Å². The Kier molecular flexibility index (Phi) is 5.50. The van der Waals surface area contributed by atoms with E-state index in [1.54, 1.807) is 7.11 Å². The number of fused-ring (bicyclic) bond motifs is 2. The van der Waals surface area contributed by atoms with Crippen molar-refractivity contribution in [2.75, 3.05) is 44.7 Å². The van der Waals surface area contributed by atoms with Gasteiger partial charge in [0, 0.05) is 43.3 Å². The first-order valence-electron chi connectivity index (χ1n) is 12.0. The number of nitrogens with one attached hydrogen (secondary N) is 2. The van der Waals surface area contributed by atoms with Crippen LogP contribution in [0.1, 0.15) is 6.92 Å². The van der Waals surface area contributed by atoms with Gasteiger partial charge >= 0.3 is 0 Å². The Morgan fingerprint density at radius 3 is 2.54 bits per heavy atom. The van der Waals surface area contributed by atoms with Crippen LogP contribution in [0.4, 0.5) is 5.69 Å². The molecule has 3 aromatic carbocycles. The predicted octanol–water partition coefficient (Wildman–Crippen LogP) is 5.05. The van der Waals surface area contributed by atoms with Crippen molar-refractivity contribution in [2.24, 2.45) is 0 Å². The van der Waals surface area contributed by atoms with E-state index in [9.17, 15) is 0 Å². The summed E-state index contributed by atoms with van der Waals surface area (Å²) in [6, 6.07) is 19.9. The van der Waals surface area contributed by atoms with Crippen LogP contribution in [-0.2, 0) is 0 Å². The molecule has 0 aliphatic carbocycles. The molecule has 1 saturated heterocycles. The highest BCUT2D eigenvalue weighted by Crippen LogP contribution is 2.32. The first-order valence-corrected chi connectivity index (χ1v) is 12.0. The predicted molar refractivity (Wildman–Crippen MR) is 139 cm³/mol. The Hall–Kier alpha value is -4.04. The summed E-state index contributed by atoms with van der Waals surface area (Å²) in [5.74, 6) is 2.92. The lowest BCUT2D eigenvalue weighted by Crippen LogP contribution is -2.46. The Labute approximate surface area is 203 Å². The maximum atomic E-state index is 6.09. The van der Waals surface area contributed by atoms with Crippen LogP contribution in [0.15, 0.2) is 60.7 Å². The van der Waals surface area contributed by atoms with Crippen LogP contribution in [0.3, 0.4) is 0 Å².